The van der Waals surface area contributed by atoms with Crippen LogP contribution in [0.15, 0.2) is 18.2 Å². The Kier molecular flexibility index (Phi) is 4.83. The predicted molar refractivity (Wildman–Crippen MR) is 81.7 cm³/mol. The van der Waals surface area contributed by atoms with Gasteiger partial charge in [-0.15, -0.1) is 0 Å². The number of carbonyl (C=O) groups is 2. The highest BCUT2D eigenvalue weighted by atomic mass is 16.4. The zero-order chi connectivity index (χ0) is 15.4. The first kappa shape index (κ1) is 15.4. The molecule has 114 valence electrons. The number of aromatic carboxylic acids is 1. The zero-order valence-corrected chi connectivity index (χ0v) is 12.5. The number of carboxylic acids is 1. The molecule has 2 unspecified atom stereocenters. The minimum atomic E-state index is -0.988. The summed E-state index contributed by atoms with van der Waals surface area (Å²) in [5, 5.41) is 14.8. The molecule has 5 heteroatoms. The molecule has 0 heterocycles. The van der Waals surface area contributed by atoms with E-state index in [0.717, 1.165) is 19.3 Å². The van der Waals surface area contributed by atoms with Crippen LogP contribution in [0, 0.1) is 12.8 Å². The van der Waals surface area contributed by atoms with Crippen molar-refractivity contribution in [1.29, 1.82) is 0 Å². The maximum Gasteiger partial charge on any atom is 0.336 e. The predicted octanol–water partition coefficient (Wildman–Crippen LogP) is 3.39. The van der Waals surface area contributed by atoms with Crippen molar-refractivity contribution >= 4 is 17.7 Å². The van der Waals surface area contributed by atoms with Crippen LogP contribution in [-0.2, 0) is 0 Å². The van der Waals surface area contributed by atoms with Gasteiger partial charge in [0.15, 0.2) is 0 Å². The fraction of sp³-hybridized carbons (Fsp3) is 0.500. The Balaban J connectivity index is 2.02. The molecular formula is C16H22N2O3. The van der Waals surface area contributed by atoms with Crippen LogP contribution in [-0.4, -0.2) is 23.1 Å². The number of carboxylic acid groups (broad SMARTS) is 1. The highest BCUT2D eigenvalue weighted by Crippen LogP contribution is 2.24. The van der Waals surface area contributed by atoms with E-state index >= 15 is 0 Å². The van der Waals surface area contributed by atoms with E-state index in [2.05, 4.69) is 17.6 Å². The van der Waals surface area contributed by atoms with Gasteiger partial charge in [0.1, 0.15) is 0 Å². The summed E-state index contributed by atoms with van der Waals surface area (Å²) in [5.74, 6) is -0.506. The maximum atomic E-state index is 12.1. The van der Waals surface area contributed by atoms with Crippen molar-refractivity contribution in [3.05, 3.63) is 29.3 Å². The number of carbonyl (C=O) groups excluding carboxylic acids is 1. The lowest BCUT2D eigenvalue weighted by Gasteiger charge is -2.29. The minimum Gasteiger partial charge on any atom is -0.478 e. The zero-order valence-electron chi connectivity index (χ0n) is 12.5. The van der Waals surface area contributed by atoms with E-state index in [0.29, 0.717) is 17.2 Å². The normalized spacial score (nSPS) is 21.6. The van der Waals surface area contributed by atoms with Crippen LogP contribution in [0.4, 0.5) is 10.5 Å². The molecule has 1 aromatic rings. The van der Waals surface area contributed by atoms with Crippen LogP contribution in [0.2, 0.25) is 0 Å². The van der Waals surface area contributed by atoms with Crippen LogP contribution in [0.1, 0.15) is 48.5 Å². The van der Waals surface area contributed by atoms with Crippen LogP contribution >= 0.6 is 0 Å². The SMILES string of the molecule is Cc1c(NC(=O)NC2CCCCC2C)cccc1C(=O)O. The number of rotatable bonds is 3. The van der Waals surface area contributed by atoms with E-state index in [1.165, 1.54) is 12.5 Å². The highest BCUT2D eigenvalue weighted by Gasteiger charge is 2.23. The van der Waals surface area contributed by atoms with Crippen molar-refractivity contribution in [1.82, 2.24) is 5.32 Å². The third-order valence-corrected chi connectivity index (χ3v) is 4.24. The number of hydrogen-bond acceptors (Lipinski definition) is 2. The lowest BCUT2D eigenvalue weighted by molar-refractivity contribution is 0.0696. The van der Waals surface area contributed by atoms with E-state index in [4.69, 9.17) is 5.11 Å². The van der Waals surface area contributed by atoms with Crippen molar-refractivity contribution in [2.24, 2.45) is 5.92 Å². The van der Waals surface area contributed by atoms with Crippen LogP contribution in [0.3, 0.4) is 0 Å². The molecule has 0 aromatic heterocycles. The van der Waals surface area contributed by atoms with Gasteiger partial charge in [-0.25, -0.2) is 9.59 Å². The average Bonchev–Trinajstić information content (AvgIpc) is 2.43. The Morgan fingerprint density at radius 1 is 1.24 bits per heavy atom. The number of anilines is 1. The van der Waals surface area contributed by atoms with Gasteiger partial charge in [0.2, 0.25) is 0 Å². The Hall–Kier alpha value is -2.04. The lowest BCUT2D eigenvalue weighted by atomic mass is 9.86. The van der Waals surface area contributed by atoms with Gasteiger partial charge in [-0.3, -0.25) is 0 Å². The van der Waals surface area contributed by atoms with Crippen LogP contribution in [0.25, 0.3) is 0 Å². The Bertz CT molecular complexity index is 542. The standard InChI is InChI=1S/C16H22N2O3/c1-10-6-3-4-8-13(10)17-16(21)18-14-9-5-7-12(11(14)2)15(19)20/h5,7,9-10,13H,3-4,6,8H2,1-2H3,(H,19,20)(H2,17,18,21). The molecule has 21 heavy (non-hydrogen) atoms. The van der Waals surface area contributed by atoms with Gasteiger partial charge >= 0.3 is 12.0 Å². The van der Waals surface area contributed by atoms with Crippen molar-refractivity contribution in [2.75, 3.05) is 5.32 Å². The summed E-state index contributed by atoms with van der Waals surface area (Å²) in [6.07, 6.45) is 4.50. The Morgan fingerprint density at radius 3 is 2.62 bits per heavy atom. The van der Waals surface area contributed by atoms with Crippen molar-refractivity contribution in [2.45, 2.75) is 45.6 Å². The second kappa shape index (κ2) is 6.61. The molecule has 1 aromatic carbocycles. The number of benzene rings is 1. The summed E-state index contributed by atoms with van der Waals surface area (Å²) in [5.41, 5.74) is 1.31. The fourth-order valence-electron chi connectivity index (χ4n) is 2.86. The third-order valence-electron chi connectivity index (χ3n) is 4.24. The molecule has 2 amide bonds. The quantitative estimate of drug-likeness (QED) is 0.798. The smallest absolute Gasteiger partial charge is 0.336 e. The highest BCUT2D eigenvalue weighted by molar-refractivity contribution is 5.95. The third kappa shape index (κ3) is 3.74. The molecule has 3 N–H and O–H groups in total. The summed E-state index contributed by atoms with van der Waals surface area (Å²) in [6, 6.07) is 4.81. The molecule has 0 saturated heterocycles. The molecule has 0 radical (unpaired) electrons. The van der Waals surface area contributed by atoms with E-state index in [-0.39, 0.29) is 17.6 Å². The molecule has 0 aliphatic heterocycles. The van der Waals surface area contributed by atoms with E-state index in [9.17, 15) is 9.59 Å². The second-order valence-corrected chi connectivity index (χ2v) is 5.75. The van der Waals surface area contributed by atoms with Gasteiger partial charge in [0, 0.05) is 11.7 Å². The van der Waals surface area contributed by atoms with E-state index < -0.39 is 5.97 Å². The summed E-state index contributed by atoms with van der Waals surface area (Å²) in [7, 11) is 0. The molecule has 2 atom stereocenters. The first-order valence-electron chi connectivity index (χ1n) is 7.39. The Labute approximate surface area is 124 Å². The monoisotopic (exact) mass is 290 g/mol. The van der Waals surface area contributed by atoms with Crippen LogP contribution in [0.5, 0.6) is 0 Å². The van der Waals surface area contributed by atoms with Crippen molar-refractivity contribution in [3.63, 3.8) is 0 Å². The number of amides is 2. The Morgan fingerprint density at radius 2 is 1.95 bits per heavy atom. The summed E-state index contributed by atoms with van der Waals surface area (Å²) in [4.78, 5) is 23.2. The first-order chi connectivity index (χ1) is 9.99. The molecule has 0 bridgehead atoms. The summed E-state index contributed by atoms with van der Waals surface area (Å²) >= 11 is 0. The molecule has 1 aliphatic carbocycles. The van der Waals surface area contributed by atoms with Gasteiger partial charge in [-0.1, -0.05) is 25.8 Å². The minimum absolute atomic E-state index is 0.196. The topological polar surface area (TPSA) is 78.4 Å². The number of nitrogens with one attached hydrogen (secondary N) is 2. The van der Waals surface area contributed by atoms with Gasteiger partial charge in [0.05, 0.1) is 5.56 Å². The largest absolute Gasteiger partial charge is 0.478 e. The molecular weight excluding hydrogens is 268 g/mol. The van der Waals surface area contributed by atoms with Gasteiger partial charge < -0.3 is 15.7 Å². The summed E-state index contributed by atoms with van der Waals surface area (Å²) < 4.78 is 0. The van der Waals surface area contributed by atoms with Gasteiger partial charge in [0.25, 0.3) is 0 Å². The first-order valence-corrected chi connectivity index (χ1v) is 7.39. The average molecular weight is 290 g/mol. The van der Waals surface area contributed by atoms with Crippen molar-refractivity contribution < 1.29 is 14.7 Å². The van der Waals surface area contributed by atoms with E-state index in [1.54, 1.807) is 19.1 Å². The van der Waals surface area contributed by atoms with E-state index in [1.807, 2.05) is 0 Å². The van der Waals surface area contributed by atoms with Gasteiger partial charge in [-0.2, -0.15) is 0 Å². The summed E-state index contributed by atoms with van der Waals surface area (Å²) in [6.45, 7) is 3.85. The van der Waals surface area contributed by atoms with Crippen molar-refractivity contribution in [3.8, 4) is 0 Å². The molecule has 0 spiro atoms. The molecule has 5 nitrogen and oxygen atoms in total. The molecule has 2 rings (SSSR count). The molecule has 1 fully saturated rings. The molecule has 1 saturated carbocycles. The number of hydrogen-bond donors (Lipinski definition) is 3. The number of urea groups is 1. The maximum absolute atomic E-state index is 12.1. The van der Waals surface area contributed by atoms with Gasteiger partial charge in [-0.05, 0) is 43.4 Å². The lowest BCUT2D eigenvalue weighted by Crippen LogP contribution is -2.43. The molecule has 1 aliphatic rings. The van der Waals surface area contributed by atoms with Crippen LogP contribution < -0.4 is 10.6 Å². The second-order valence-electron chi connectivity index (χ2n) is 5.75. The fourth-order valence-corrected chi connectivity index (χ4v) is 2.86.